The molecule has 290 valence electrons. The predicted octanol–water partition coefficient (Wildman–Crippen LogP) is 4.95. The zero-order valence-electron chi connectivity index (χ0n) is 32.3. The lowest BCUT2D eigenvalue weighted by molar-refractivity contribution is -0.150. The molecule has 1 heterocycles. The quantitative estimate of drug-likeness (QED) is 0.143. The lowest BCUT2D eigenvalue weighted by atomic mass is 9.70. The Morgan fingerprint density at radius 2 is 1.33 bits per heavy atom. The fourth-order valence-electron chi connectivity index (χ4n) is 7.36. The summed E-state index contributed by atoms with van der Waals surface area (Å²) >= 11 is 0. The van der Waals surface area contributed by atoms with Gasteiger partial charge in [-0.15, -0.1) is 0 Å². The van der Waals surface area contributed by atoms with E-state index in [9.17, 15) is 38.4 Å². The molecular formula is C42H63NO8S. The summed E-state index contributed by atoms with van der Waals surface area (Å²) in [6.07, 6.45) is 17.3. The summed E-state index contributed by atoms with van der Waals surface area (Å²) in [4.78, 5) is 28.9. The van der Waals surface area contributed by atoms with Crippen molar-refractivity contribution in [3.63, 3.8) is 0 Å². The van der Waals surface area contributed by atoms with Gasteiger partial charge in [0.15, 0.2) is 21.4 Å². The van der Waals surface area contributed by atoms with Crippen LogP contribution in [0.15, 0.2) is 83.6 Å². The second kappa shape index (κ2) is 19.6. The molecule has 0 spiro atoms. The Balaban J connectivity index is 1.86. The van der Waals surface area contributed by atoms with E-state index >= 15 is 0 Å². The van der Waals surface area contributed by atoms with E-state index < -0.39 is 75.4 Å². The van der Waals surface area contributed by atoms with Gasteiger partial charge in [0.25, 0.3) is 0 Å². The largest absolute Gasteiger partial charge is 0.391 e. The summed E-state index contributed by atoms with van der Waals surface area (Å²) in [6, 6.07) is -1.02. The van der Waals surface area contributed by atoms with Gasteiger partial charge in [-0.05, 0) is 56.4 Å². The number of aliphatic hydroxyl groups excluding tert-OH is 4. The maximum absolute atomic E-state index is 13.7. The van der Waals surface area contributed by atoms with E-state index in [0.29, 0.717) is 23.0 Å². The summed E-state index contributed by atoms with van der Waals surface area (Å²) in [6.45, 7) is 15.9. The normalized spacial score (nSPS) is 32.4. The molecule has 0 aromatic carbocycles. The number of nitrogens with zero attached hydrogens (tertiary/aromatic N) is 1. The third-order valence-electron chi connectivity index (χ3n) is 10.4. The number of allylic oxidation sites excluding steroid dienone is 10. The topological polar surface area (TPSA) is 152 Å². The van der Waals surface area contributed by atoms with E-state index in [0.717, 1.165) is 12.8 Å². The highest BCUT2D eigenvalue weighted by Gasteiger charge is 2.54. The molecule has 0 bridgehead atoms. The Morgan fingerprint density at radius 1 is 0.808 bits per heavy atom. The molecule has 0 unspecified atom stereocenters. The van der Waals surface area contributed by atoms with Gasteiger partial charge in [0.05, 0.1) is 29.6 Å². The molecule has 10 atom stereocenters. The van der Waals surface area contributed by atoms with Gasteiger partial charge in [-0.1, -0.05) is 113 Å². The van der Waals surface area contributed by atoms with Gasteiger partial charge in [0, 0.05) is 36.5 Å². The average molecular weight is 742 g/mol. The summed E-state index contributed by atoms with van der Waals surface area (Å²) in [5.41, 5.74) is 1.27. The van der Waals surface area contributed by atoms with Crippen molar-refractivity contribution in [1.29, 1.82) is 0 Å². The van der Waals surface area contributed by atoms with Crippen LogP contribution < -0.4 is 0 Å². The van der Waals surface area contributed by atoms with Gasteiger partial charge < -0.3 is 20.4 Å². The maximum atomic E-state index is 13.7. The smallest absolute Gasteiger partial charge is 0.189 e. The highest BCUT2D eigenvalue weighted by molar-refractivity contribution is 7.91. The molecule has 0 radical (unpaired) electrons. The Hall–Kier alpha value is -2.73. The fraction of sp³-hybridized carbons (Fsp3) is 0.619. The molecule has 2 aliphatic carbocycles. The molecular weight excluding hydrogens is 679 g/mol. The number of hydrogen-bond acceptors (Lipinski definition) is 9. The number of carbonyl (C=O) groups is 2. The third kappa shape index (κ3) is 11.9. The van der Waals surface area contributed by atoms with Gasteiger partial charge in [-0.25, -0.2) is 8.42 Å². The fourth-order valence-corrected chi connectivity index (χ4v) is 8.95. The summed E-state index contributed by atoms with van der Waals surface area (Å²) in [5.74, 6) is -3.75. The summed E-state index contributed by atoms with van der Waals surface area (Å²) in [5, 5.41) is 45.3. The summed E-state index contributed by atoms with van der Waals surface area (Å²) < 4.78 is 26.0. The number of fused-ring (bicyclic) bond motifs is 1. The molecule has 0 amide bonds. The van der Waals surface area contributed by atoms with Gasteiger partial charge >= 0.3 is 0 Å². The highest BCUT2D eigenvalue weighted by atomic mass is 32.2. The van der Waals surface area contributed by atoms with E-state index in [1.807, 2.05) is 31.2 Å². The SMILES string of the molecule is C/C(=C\C=C\[C@@H](C)/C=C/CC(C)C)[C@H]1[C@@H](O)[C@@H]2[C@H](CS(=O)(=O)CCN2CC2=C[C@H](O)[C@H](/C(C)=C/C=C/[C@H](C)/C=C\CC(C)C)[C@@H](O)C2=O)C(=O)[C@@H]1O. The molecule has 52 heavy (non-hydrogen) atoms. The second-order valence-electron chi connectivity index (χ2n) is 16.0. The molecule has 1 aliphatic heterocycles. The first-order valence-electron chi connectivity index (χ1n) is 18.8. The van der Waals surface area contributed by atoms with Crippen LogP contribution in [-0.2, 0) is 19.4 Å². The molecule has 10 heteroatoms. The van der Waals surface area contributed by atoms with Crippen molar-refractivity contribution in [3.05, 3.63) is 83.6 Å². The van der Waals surface area contributed by atoms with Crippen LogP contribution in [0, 0.1) is 41.4 Å². The first-order valence-corrected chi connectivity index (χ1v) is 20.6. The number of carbonyl (C=O) groups excluding carboxylic acids is 2. The lowest BCUT2D eigenvalue weighted by Gasteiger charge is -2.46. The van der Waals surface area contributed by atoms with Crippen molar-refractivity contribution >= 4 is 21.4 Å². The number of sulfone groups is 1. The van der Waals surface area contributed by atoms with Crippen LogP contribution in [0.25, 0.3) is 0 Å². The summed E-state index contributed by atoms with van der Waals surface area (Å²) in [7, 11) is -3.74. The van der Waals surface area contributed by atoms with Crippen molar-refractivity contribution in [3.8, 4) is 0 Å². The van der Waals surface area contributed by atoms with Crippen molar-refractivity contribution in [2.45, 2.75) is 98.7 Å². The molecule has 2 fully saturated rings. The number of aliphatic hydroxyl groups is 4. The lowest BCUT2D eigenvalue weighted by Crippen LogP contribution is -2.63. The van der Waals surface area contributed by atoms with Crippen LogP contribution in [0.1, 0.15) is 68.2 Å². The molecule has 0 aromatic heterocycles. The molecule has 9 nitrogen and oxygen atoms in total. The zero-order chi connectivity index (χ0) is 38.9. The minimum Gasteiger partial charge on any atom is -0.391 e. The third-order valence-corrected chi connectivity index (χ3v) is 12.1. The van der Waals surface area contributed by atoms with E-state index in [4.69, 9.17) is 0 Å². The van der Waals surface area contributed by atoms with E-state index in [-0.39, 0.29) is 36.3 Å². The average Bonchev–Trinajstić information content (AvgIpc) is 3.17. The molecule has 0 aromatic rings. The molecule has 4 N–H and O–H groups in total. The number of ketones is 2. The number of hydrogen-bond donors (Lipinski definition) is 4. The monoisotopic (exact) mass is 741 g/mol. The Labute approximate surface area is 312 Å². The van der Waals surface area contributed by atoms with Crippen LogP contribution in [0.2, 0.25) is 0 Å². The van der Waals surface area contributed by atoms with E-state index in [1.165, 1.54) is 6.08 Å². The van der Waals surface area contributed by atoms with Crippen LogP contribution in [0.4, 0.5) is 0 Å². The molecule has 1 saturated carbocycles. The van der Waals surface area contributed by atoms with Crippen molar-refractivity contribution in [2.24, 2.45) is 41.4 Å². The van der Waals surface area contributed by atoms with E-state index in [2.05, 4.69) is 58.9 Å². The minimum atomic E-state index is -3.74. The van der Waals surface area contributed by atoms with Crippen molar-refractivity contribution in [2.75, 3.05) is 24.6 Å². The molecule has 1 saturated heterocycles. The second-order valence-corrected chi connectivity index (χ2v) is 18.2. The van der Waals surface area contributed by atoms with Crippen molar-refractivity contribution in [1.82, 2.24) is 4.90 Å². The van der Waals surface area contributed by atoms with Gasteiger partial charge in [0.1, 0.15) is 12.2 Å². The van der Waals surface area contributed by atoms with Crippen LogP contribution in [-0.4, -0.2) is 100 Å². The maximum Gasteiger partial charge on any atom is 0.189 e. The van der Waals surface area contributed by atoms with Gasteiger partial charge in [-0.3, -0.25) is 14.5 Å². The Bertz CT molecular complexity index is 1560. The zero-order valence-corrected chi connectivity index (χ0v) is 33.1. The van der Waals surface area contributed by atoms with Crippen molar-refractivity contribution < 1.29 is 38.4 Å². The first kappa shape index (κ1) is 43.7. The first-order chi connectivity index (χ1) is 24.3. The van der Waals surface area contributed by atoms with Gasteiger partial charge in [-0.2, -0.15) is 0 Å². The predicted molar refractivity (Wildman–Crippen MR) is 208 cm³/mol. The van der Waals surface area contributed by atoms with Crippen LogP contribution in [0.5, 0.6) is 0 Å². The highest BCUT2D eigenvalue weighted by Crippen LogP contribution is 2.38. The van der Waals surface area contributed by atoms with Crippen LogP contribution in [0.3, 0.4) is 0 Å². The molecule has 3 rings (SSSR count). The number of rotatable bonds is 14. The molecule has 3 aliphatic rings. The number of Topliss-reactive ketones (excluding diaryl/α,β-unsaturated/α-hetero) is 2. The Morgan fingerprint density at radius 3 is 1.85 bits per heavy atom. The van der Waals surface area contributed by atoms with E-state index in [1.54, 1.807) is 30.9 Å². The van der Waals surface area contributed by atoms with Gasteiger partial charge in [0.2, 0.25) is 0 Å². The minimum absolute atomic E-state index is 0.0761. The Kier molecular flexibility index (Phi) is 16.4. The standard InChI is InChI=1S/C42H63NO8S/c1-26(2)13-9-15-28(5)17-11-19-30(7)35-34(44)23-32(38(45)41(35)48)24-43-21-22-52(50,51)25-33-37(43)40(47)36(42(49)39(33)46)31(8)20-12-18-29(6)16-10-14-27(3)4/h9-12,15-20,23,26-29,33-37,40-42,44,47-49H,13-14,21-22,24-25H2,1-8H3/b15-9-,16-10+,17-11+,18-12+,30-19+,31-20+/t28-,29+,33+,34+,35+,36+,37+,40-,41-,42-/m1/s1. The van der Waals surface area contributed by atoms with Crippen LogP contribution >= 0.6 is 0 Å².